The van der Waals surface area contributed by atoms with Crippen LogP contribution in [0, 0.1) is 0 Å². The van der Waals surface area contributed by atoms with Crippen molar-refractivity contribution in [3.8, 4) is 0 Å². The first-order valence-corrected chi connectivity index (χ1v) is 8.89. The highest BCUT2D eigenvalue weighted by Crippen LogP contribution is 2.14. The van der Waals surface area contributed by atoms with E-state index < -0.39 is 10.0 Å². The van der Waals surface area contributed by atoms with Crippen molar-refractivity contribution in [1.82, 2.24) is 14.6 Å². The Bertz CT molecular complexity index is 528. The molecule has 7 heteroatoms. The molecule has 0 atom stereocenters. The minimum absolute atomic E-state index is 0.360. The summed E-state index contributed by atoms with van der Waals surface area (Å²) in [5, 5.41) is 3.43. The van der Waals surface area contributed by atoms with Gasteiger partial charge in [0.15, 0.2) is 0 Å². The maximum Gasteiger partial charge on any atom is 0.211 e. The number of piperidine rings is 1. The van der Waals surface area contributed by atoms with Gasteiger partial charge in [0.2, 0.25) is 10.0 Å². The molecule has 5 nitrogen and oxygen atoms in total. The first kappa shape index (κ1) is 14.9. The lowest BCUT2D eigenvalue weighted by molar-refractivity contribution is 0.289. The second-order valence-electron chi connectivity index (χ2n) is 4.77. The zero-order chi connectivity index (χ0) is 13.9. The fourth-order valence-corrected chi connectivity index (χ4v) is 3.44. The van der Waals surface area contributed by atoms with E-state index in [4.69, 9.17) is 0 Å². The third kappa shape index (κ3) is 4.52. The van der Waals surface area contributed by atoms with Crippen molar-refractivity contribution in [3.05, 3.63) is 28.5 Å². The summed E-state index contributed by atoms with van der Waals surface area (Å²) in [6.45, 7) is 1.91. The Morgan fingerprint density at radius 3 is 2.68 bits per heavy atom. The summed E-state index contributed by atoms with van der Waals surface area (Å²) in [6, 6.07) is 6.19. The van der Waals surface area contributed by atoms with Crippen molar-refractivity contribution in [3.63, 3.8) is 0 Å². The molecule has 0 aromatic carbocycles. The summed E-state index contributed by atoms with van der Waals surface area (Å²) in [4.78, 5) is 4.36. The Morgan fingerprint density at radius 1 is 1.42 bits per heavy atom. The molecule has 0 saturated carbocycles. The van der Waals surface area contributed by atoms with Crippen LogP contribution in [0.25, 0.3) is 0 Å². The largest absolute Gasteiger partial charge is 0.308 e. The summed E-state index contributed by atoms with van der Waals surface area (Å²) >= 11 is 3.35. The second kappa shape index (κ2) is 6.30. The van der Waals surface area contributed by atoms with E-state index in [-0.39, 0.29) is 0 Å². The van der Waals surface area contributed by atoms with E-state index in [0.717, 1.165) is 23.1 Å². The highest BCUT2D eigenvalue weighted by molar-refractivity contribution is 9.10. The van der Waals surface area contributed by atoms with E-state index in [0.29, 0.717) is 25.7 Å². The highest BCUT2D eigenvalue weighted by Gasteiger charge is 2.24. The predicted molar refractivity (Wildman–Crippen MR) is 78.2 cm³/mol. The fraction of sp³-hybridized carbons (Fsp3) is 0.583. The summed E-state index contributed by atoms with van der Waals surface area (Å²) in [7, 11) is -3.04. The molecule has 0 amide bonds. The molecule has 2 heterocycles. The minimum atomic E-state index is -3.04. The van der Waals surface area contributed by atoms with Crippen molar-refractivity contribution in [2.75, 3.05) is 19.3 Å². The van der Waals surface area contributed by atoms with Crippen LogP contribution in [0.1, 0.15) is 18.5 Å². The van der Waals surface area contributed by atoms with Crippen molar-refractivity contribution in [2.45, 2.75) is 25.4 Å². The first-order valence-electron chi connectivity index (χ1n) is 6.25. The van der Waals surface area contributed by atoms with E-state index in [1.807, 2.05) is 18.2 Å². The summed E-state index contributed by atoms with van der Waals surface area (Å²) < 4.78 is 25.2. The lowest BCUT2D eigenvalue weighted by Gasteiger charge is -2.30. The number of sulfonamides is 1. The average Bonchev–Trinajstić information content (AvgIpc) is 2.36. The Kier molecular flexibility index (Phi) is 4.94. The molecule has 0 aliphatic carbocycles. The van der Waals surface area contributed by atoms with Gasteiger partial charge in [0.1, 0.15) is 4.60 Å². The Labute approximate surface area is 122 Å². The van der Waals surface area contributed by atoms with Crippen molar-refractivity contribution >= 4 is 26.0 Å². The van der Waals surface area contributed by atoms with Gasteiger partial charge in [-0.1, -0.05) is 6.07 Å². The molecule has 1 N–H and O–H groups in total. The van der Waals surface area contributed by atoms with Gasteiger partial charge in [-0.2, -0.15) is 0 Å². The van der Waals surface area contributed by atoms with Gasteiger partial charge in [0, 0.05) is 25.7 Å². The van der Waals surface area contributed by atoms with Gasteiger partial charge < -0.3 is 5.32 Å². The van der Waals surface area contributed by atoms with Crippen molar-refractivity contribution < 1.29 is 8.42 Å². The molecule has 1 aromatic rings. The molecule has 19 heavy (non-hydrogen) atoms. The maximum absolute atomic E-state index is 11.4. The Morgan fingerprint density at radius 2 is 2.11 bits per heavy atom. The number of halogens is 1. The smallest absolute Gasteiger partial charge is 0.211 e. The molecule has 1 aliphatic rings. The Balaban J connectivity index is 1.80. The number of pyridine rings is 1. The quantitative estimate of drug-likeness (QED) is 0.835. The van der Waals surface area contributed by atoms with E-state index in [1.54, 1.807) is 4.31 Å². The zero-order valence-corrected chi connectivity index (χ0v) is 13.2. The van der Waals surface area contributed by atoms with Gasteiger partial charge in [0.25, 0.3) is 0 Å². The predicted octanol–water partition coefficient (Wildman–Crippen LogP) is 1.36. The van der Waals surface area contributed by atoms with Gasteiger partial charge in [0.05, 0.1) is 11.9 Å². The molecule has 1 fully saturated rings. The molecule has 0 spiro atoms. The van der Waals surface area contributed by atoms with Crippen LogP contribution >= 0.6 is 15.9 Å². The standard InChI is InChI=1S/C12H18BrN3O2S/c1-19(17,18)16-7-5-10(6-8-16)14-9-11-3-2-4-12(13)15-11/h2-4,10,14H,5-9H2,1H3. The molecular weight excluding hydrogens is 330 g/mol. The normalized spacial score (nSPS) is 18.6. The molecule has 0 radical (unpaired) electrons. The van der Waals surface area contributed by atoms with Crippen LogP contribution in [0.3, 0.4) is 0 Å². The van der Waals surface area contributed by atoms with Crippen LogP contribution in [0.5, 0.6) is 0 Å². The lowest BCUT2D eigenvalue weighted by Crippen LogP contribution is -2.44. The Hall–Kier alpha value is -0.500. The molecule has 0 unspecified atom stereocenters. The lowest BCUT2D eigenvalue weighted by atomic mass is 10.1. The van der Waals surface area contributed by atoms with Crippen LogP contribution in [-0.2, 0) is 16.6 Å². The second-order valence-corrected chi connectivity index (χ2v) is 7.56. The SMILES string of the molecule is CS(=O)(=O)N1CCC(NCc2cccc(Br)n2)CC1. The average molecular weight is 348 g/mol. The molecule has 106 valence electrons. The van der Waals surface area contributed by atoms with E-state index in [2.05, 4.69) is 26.2 Å². The van der Waals surface area contributed by atoms with Crippen LogP contribution in [-0.4, -0.2) is 43.1 Å². The van der Waals surface area contributed by atoms with E-state index in [9.17, 15) is 8.42 Å². The van der Waals surface area contributed by atoms with Gasteiger partial charge in [-0.15, -0.1) is 0 Å². The maximum atomic E-state index is 11.4. The molecule has 0 bridgehead atoms. The first-order chi connectivity index (χ1) is 8.95. The minimum Gasteiger partial charge on any atom is -0.308 e. The number of nitrogens with zero attached hydrogens (tertiary/aromatic N) is 2. The molecule has 1 aromatic heterocycles. The third-order valence-corrected chi connectivity index (χ3v) is 5.01. The van der Waals surface area contributed by atoms with Gasteiger partial charge in [-0.05, 0) is 40.9 Å². The van der Waals surface area contributed by atoms with Crippen LogP contribution in [0.15, 0.2) is 22.8 Å². The summed E-state index contributed by atoms with van der Waals surface area (Å²) in [6.07, 6.45) is 2.97. The summed E-state index contributed by atoms with van der Waals surface area (Å²) in [5.41, 5.74) is 0.986. The molecule has 2 rings (SSSR count). The van der Waals surface area contributed by atoms with E-state index >= 15 is 0 Å². The van der Waals surface area contributed by atoms with Gasteiger partial charge in [-0.25, -0.2) is 17.7 Å². The van der Waals surface area contributed by atoms with Crippen LogP contribution < -0.4 is 5.32 Å². The topological polar surface area (TPSA) is 62.3 Å². The molecule has 1 aliphatic heterocycles. The zero-order valence-electron chi connectivity index (χ0n) is 10.8. The third-order valence-electron chi connectivity index (χ3n) is 3.27. The molecular formula is C12H18BrN3O2S. The monoisotopic (exact) mass is 347 g/mol. The summed E-state index contributed by atoms with van der Waals surface area (Å²) in [5.74, 6) is 0. The van der Waals surface area contributed by atoms with Crippen LogP contribution in [0.2, 0.25) is 0 Å². The molecule has 1 saturated heterocycles. The fourth-order valence-electron chi connectivity index (χ4n) is 2.19. The van der Waals surface area contributed by atoms with Crippen LogP contribution in [0.4, 0.5) is 0 Å². The number of hydrogen-bond donors (Lipinski definition) is 1. The number of rotatable bonds is 4. The number of nitrogens with one attached hydrogen (secondary N) is 1. The van der Waals surface area contributed by atoms with E-state index in [1.165, 1.54) is 6.26 Å². The van der Waals surface area contributed by atoms with Crippen molar-refractivity contribution in [2.24, 2.45) is 0 Å². The van der Waals surface area contributed by atoms with Gasteiger partial charge in [-0.3, -0.25) is 0 Å². The highest BCUT2D eigenvalue weighted by atomic mass is 79.9. The van der Waals surface area contributed by atoms with Crippen molar-refractivity contribution in [1.29, 1.82) is 0 Å². The number of hydrogen-bond acceptors (Lipinski definition) is 4. The number of aromatic nitrogens is 1. The van der Waals surface area contributed by atoms with Gasteiger partial charge >= 0.3 is 0 Å².